The molecule has 10 aliphatic rings. The molecule has 28 unspecified atom stereocenters. The SMILES string of the molecule is C=C1COC2(OC3CC4C5CC=C6CC(O)CC(OC7OCC(O)C(OC8OCC(O)C(O)C8O)C7OC7OC(C)C(OC(C)=O)C(OC8OCC(O)(CO)C8O)C7O)C6(C)C5CCC4(C)C3C2C)C(O)C1. The molecular weight excluding hydrogens is 953 g/mol. The summed E-state index contributed by atoms with van der Waals surface area (Å²) in [7, 11) is 0. The number of hydrogen-bond acceptors (Lipinski definition) is 22. The minimum atomic E-state index is -2.11. The van der Waals surface area contributed by atoms with Gasteiger partial charge in [0.1, 0.15) is 66.6 Å². The molecule has 72 heavy (non-hydrogen) atoms. The van der Waals surface area contributed by atoms with Crippen molar-refractivity contribution >= 4 is 5.97 Å². The standard InChI is InChI=1S/C50H76O22/c1-20-11-32(56)50(65-15-20)21(2)34-31(72-50)14-28-26-8-7-24-12-25(53)13-33(48(24,6)27(26)9-10-47(28,34)5)68-45-41(39(30(55)17-63-45)69-43-36(58)35(57)29(54)16-62-43)71-44-37(59)40(38(22(3)66-44)67-23(4)52)70-46-42(60)49(61,18-51)19-64-46/h7,21-22,25-46,51,53-61H,1,8-19H2,2-6H3. The number of carbonyl (C=O) groups excluding carboxylic acids is 1. The molecular formula is C50H76O22. The first-order valence-corrected chi connectivity index (χ1v) is 25.8. The summed E-state index contributed by atoms with van der Waals surface area (Å²) in [6, 6.07) is 0. The van der Waals surface area contributed by atoms with E-state index in [1.54, 1.807) is 0 Å². The zero-order valence-electron chi connectivity index (χ0n) is 41.5. The van der Waals surface area contributed by atoms with Gasteiger partial charge in [0.15, 0.2) is 37.1 Å². The summed E-state index contributed by atoms with van der Waals surface area (Å²) in [5.74, 6) is -1.26. The fourth-order valence-corrected chi connectivity index (χ4v) is 15.1. The lowest BCUT2D eigenvalue weighted by Gasteiger charge is -2.60. The summed E-state index contributed by atoms with van der Waals surface area (Å²) >= 11 is 0. The van der Waals surface area contributed by atoms with Crippen molar-refractivity contribution in [1.82, 2.24) is 0 Å². The Hall–Kier alpha value is -1.85. The third kappa shape index (κ3) is 8.77. The second-order valence-corrected chi connectivity index (χ2v) is 23.1. The smallest absolute Gasteiger partial charge is 0.303 e. The van der Waals surface area contributed by atoms with Crippen molar-refractivity contribution < 1.29 is 108 Å². The molecule has 6 heterocycles. The van der Waals surface area contributed by atoms with Gasteiger partial charge in [-0.1, -0.05) is 39.0 Å². The number of hydrogen-bond donors (Lipinski definition) is 10. The van der Waals surface area contributed by atoms with Crippen LogP contribution in [-0.4, -0.2) is 218 Å². The van der Waals surface area contributed by atoms with Crippen molar-refractivity contribution in [2.24, 2.45) is 40.4 Å². The Bertz CT molecular complexity index is 2030. The van der Waals surface area contributed by atoms with E-state index >= 15 is 0 Å². The van der Waals surface area contributed by atoms with Crippen LogP contribution in [0.5, 0.6) is 0 Å². The number of aliphatic hydroxyl groups excluding tert-OH is 9. The normalized spacial score (nSPS) is 55.4. The van der Waals surface area contributed by atoms with E-state index in [9.17, 15) is 55.9 Å². The number of fused-ring (bicyclic) bond motifs is 7. The Kier molecular flexibility index (Phi) is 14.8. The lowest BCUT2D eigenvalue weighted by atomic mass is 9.46. The highest BCUT2D eigenvalue weighted by atomic mass is 16.8. The third-order valence-corrected chi connectivity index (χ3v) is 18.9. The molecule has 0 radical (unpaired) electrons. The molecule has 0 aromatic carbocycles. The number of esters is 1. The molecule has 0 aromatic heterocycles. The average molecular weight is 1030 g/mol. The Morgan fingerprint density at radius 2 is 1.51 bits per heavy atom. The molecule has 9 fully saturated rings. The average Bonchev–Trinajstić information content (AvgIpc) is 3.91. The number of rotatable bonds is 10. The quantitative estimate of drug-likeness (QED) is 0.0869. The Morgan fingerprint density at radius 3 is 2.22 bits per heavy atom. The number of aliphatic hydroxyl groups is 10. The van der Waals surface area contributed by atoms with Gasteiger partial charge in [-0.15, -0.1) is 0 Å². The van der Waals surface area contributed by atoms with E-state index in [2.05, 4.69) is 33.4 Å². The van der Waals surface area contributed by atoms with Crippen LogP contribution in [0.4, 0.5) is 0 Å². The fraction of sp³-hybridized carbons (Fsp3) is 0.900. The van der Waals surface area contributed by atoms with Crippen LogP contribution in [0, 0.1) is 40.4 Å². The lowest BCUT2D eigenvalue weighted by Crippen LogP contribution is -2.66. The van der Waals surface area contributed by atoms with Crippen LogP contribution < -0.4 is 0 Å². The van der Waals surface area contributed by atoms with Crippen LogP contribution >= 0.6 is 0 Å². The molecule has 28 atom stereocenters. The molecule has 10 N–H and O–H groups in total. The molecule has 408 valence electrons. The second-order valence-electron chi connectivity index (χ2n) is 23.1. The topological polar surface area (TPSA) is 321 Å². The molecule has 22 nitrogen and oxygen atoms in total. The molecule has 3 saturated carbocycles. The van der Waals surface area contributed by atoms with Crippen LogP contribution in [0.1, 0.15) is 79.6 Å². The maximum absolute atomic E-state index is 12.4. The van der Waals surface area contributed by atoms with Crippen LogP contribution in [0.15, 0.2) is 23.8 Å². The van der Waals surface area contributed by atoms with Crippen LogP contribution in [0.3, 0.4) is 0 Å². The highest BCUT2D eigenvalue weighted by Gasteiger charge is 2.71. The van der Waals surface area contributed by atoms with E-state index in [1.807, 2.05) is 0 Å². The monoisotopic (exact) mass is 1030 g/mol. The summed E-state index contributed by atoms with van der Waals surface area (Å²) in [5.41, 5.74) is -1.01. The van der Waals surface area contributed by atoms with Crippen LogP contribution in [-0.2, 0) is 56.9 Å². The lowest BCUT2D eigenvalue weighted by molar-refractivity contribution is -0.387. The third-order valence-electron chi connectivity index (χ3n) is 18.9. The van der Waals surface area contributed by atoms with E-state index < -0.39 is 160 Å². The van der Waals surface area contributed by atoms with E-state index in [4.69, 9.17) is 52.1 Å². The summed E-state index contributed by atoms with van der Waals surface area (Å²) in [4.78, 5) is 12.4. The number of ether oxygens (including phenoxy) is 11. The molecule has 1 spiro atoms. The fourth-order valence-electron chi connectivity index (χ4n) is 15.1. The summed E-state index contributed by atoms with van der Waals surface area (Å²) in [5, 5.41) is 110. The van der Waals surface area contributed by atoms with Gasteiger partial charge in [-0.3, -0.25) is 4.79 Å². The molecule has 10 rings (SSSR count). The van der Waals surface area contributed by atoms with Gasteiger partial charge in [0, 0.05) is 31.1 Å². The molecule has 0 amide bonds. The molecule has 6 aliphatic heterocycles. The summed E-state index contributed by atoms with van der Waals surface area (Å²) < 4.78 is 68.3. The zero-order chi connectivity index (χ0) is 51.6. The van der Waals surface area contributed by atoms with Gasteiger partial charge in [-0.25, -0.2) is 0 Å². The van der Waals surface area contributed by atoms with Gasteiger partial charge < -0.3 is 103 Å². The highest BCUT2D eigenvalue weighted by molar-refractivity contribution is 5.66. The maximum Gasteiger partial charge on any atom is 0.303 e. The molecule has 6 saturated heterocycles. The maximum atomic E-state index is 12.4. The van der Waals surface area contributed by atoms with Crippen molar-refractivity contribution in [3.05, 3.63) is 23.8 Å². The van der Waals surface area contributed by atoms with E-state index in [0.717, 1.165) is 43.8 Å². The first kappa shape index (κ1) is 53.5. The van der Waals surface area contributed by atoms with Crippen molar-refractivity contribution in [2.45, 2.75) is 208 Å². The van der Waals surface area contributed by atoms with Crippen LogP contribution in [0.25, 0.3) is 0 Å². The largest absolute Gasteiger partial charge is 0.457 e. The Labute approximate surface area is 418 Å². The predicted octanol–water partition coefficient (Wildman–Crippen LogP) is -1.61. The molecule has 4 aliphatic carbocycles. The van der Waals surface area contributed by atoms with Crippen LogP contribution in [0.2, 0.25) is 0 Å². The van der Waals surface area contributed by atoms with Crippen molar-refractivity contribution in [3.63, 3.8) is 0 Å². The van der Waals surface area contributed by atoms with E-state index in [1.165, 1.54) is 6.92 Å². The van der Waals surface area contributed by atoms with Gasteiger partial charge in [0.25, 0.3) is 0 Å². The van der Waals surface area contributed by atoms with Crippen molar-refractivity contribution in [2.75, 3.05) is 33.0 Å². The number of allylic oxidation sites excluding steroid dienone is 1. The second kappa shape index (κ2) is 19.9. The number of carbonyl (C=O) groups is 1. The predicted molar refractivity (Wildman–Crippen MR) is 241 cm³/mol. The minimum Gasteiger partial charge on any atom is -0.457 e. The van der Waals surface area contributed by atoms with Gasteiger partial charge in [-0.05, 0) is 73.7 Å². The highest BCUT2D eigenvalue weighted by Crippen LogP contribution is 2.71. The van der Waals surface area contributed by atoms with E-state index in [-0.39, 0.29) is 47.5 Å². The zero-order valence-corrected chi connectivity index (χ0v) is 41.5. The van der Waals surface area contributed by atoms with Crippen molar-refractivity contribution in [3.8, 4) is 0 Å². The van der Waals surface area contributed by atoms with Crippen molar-refractivity contribution in [1.29, 1.82) is 0 Å². The summed E-state index contributed by atoms with van der Waals surface area (Å²) in [6.07, 6.45) is -19.5. The van der Waals surface area contributed by atoms with E-state index in [0.29, 0.717) is 19.4 Å². The minimum absolute atomic E-state index is 0.0689. The summed E-state index contributed by atoms with van der Waals surface area (Å²) in [6.45, 7) is 11.5. The molecule has 22 heteroatoms. The van der Waals surface area contributed by atoms with Gasteiger partial charge in [0.2, 0.25) is 0 Å². The van der Waals surface area contributed by atoms with Gasteiger partial charge in [0.05, 0.1) is 57.5 Å². The molecule has 0 aromatic rings. The Morgan fingerprint density at radius 1 is 0.806 bits per heavy atom. The first-order valence-electron chi connectivity index (χ1n) is 25.8. The Balaban J connectivity index is 0.942. The first-order chi connectivity index (χ1) is 34.0. The van der Waals surface area contributed by atoms with Gasteiger partial charge in [-0.2, -0.15) is 0 Å². The molecule has 0 bridgehead atoms. The van der Waals surface area contributed by atoms with Gasteiger partial charge >= 0.3 is 5.97 Å².